The molecule has 2 aromatic rings. The van der Waals surface area contributed by atoms with Gasteiger partial charge in [0, 0.05) is 22.6 Å². The van der Waals surface area contributed by atoms with Crippen LogP contribution in [0.4, 0.5) is 0 Å². The van der Waals surface area contributed by atoms with Crippen molar-refractivity contribution in [3.8, 4) is 5.69 Å². The lowest BCUT2D eigenvalue weighted by Crippen LogP contribution is -2.37. The van der Waals surface area contributed by atoms with Crippen molar-refractivity contribution in [1.82, 2.24) is 9.47 Å². The normalized spacial score (nSPS) is 19.7. The maximum absolute atomic E-state index is 12.8. The number of imide groups is 1. The molecule has 1 saturated heterocycles. The van der Waals surface area contributed by atoms with Crippen LogP contribution in [0.1, 0.15) is 45.7 Å². The van der Waals surface area contributed by atoms with E-state index in [1.165, 1.54) is 5.56 Å². The molecule has 0 N–H and O–H groups in total. The largest absolute Gasteiger partial charge is 0.456 e. The van der Waals surface area contributed by atoms with E-state index in [0.717, 1.165) is 27.5 Å². The molecular formula is C26H28N2O5. The lowest BCUT2D eigenvalue weighted by atomic mass is 9.85. The summed E-state index contributed by atoms with van der Waals surface area (Å²) in [6, 6.07) is 7.90. The number of carbonyl (C=O) groups excluding carboxylic acids is 4. The van der Waals surface area contributed by atoms with Gasteiger partial charge in [-0.25, -0.2) is 0 Å². The fraction of sp³-hybridized carbons (Fsp3) is 0.385. The van der Waals surface area contributed by atoms with Crippen molar-refractivity contribution in [3.05, 3.63) is 64.5 Å². The third-order valence-electron chi connectivity index (χ3n) is 6.73. The summed E-state index contributed by atoms with van der Waals surface area (Å²) in [5, 5.41) is 0. The summed E-state index contributed by atoms with van der Waals surface area (Å²) in [6.07, 6.45) is 4.80. The minimum atomic E-state index is -0.764. The summed E-state index contributed by atoms with van der Waals surface area (Å²) >= 11 is 0. The van der Waals surface area contributed by atoms with Crippen molar-refractivity contribution in [1.29, 1.82) is 0 Å². The Morgan fingerprint density at radius 1 is 0.939 bits per heavy atom. The molecule has 33 heavy (non-hydrogen) atoms. The molecule has 2 unspecified atom stereocenters. The first-order chi connectivity index (χ1) is 15.7. The van der Waals surface area contributed by atoms with Crippen molar-refractivity contribution in [2.75, 3.05) is 13.2 Å². The highest BCUT2D eigenvalue weighted by Gasteiger charge is 2.47. The Kier molecular flexibility index (Phi) is 6.06. The predicted octanol–water partition coefficient (Wildman–Crippen LogP) is 3.39. The number of ether oxygens (including phenoxy) is 1. The van der Waals surface area contributed by atoms with E-state index >= 15 is 0 Å². The summed E-state index contributed by atoms with van der Waals surface area (Å²) in [5.41, 5.74) is 5.45. The SMILES string of the molecule is Cc1ccc(-n2c(C)cc(C(=O)COC(=O)CN3C(=O)C4CC=CCC4C3=O)c2C)cc1C. The maximum Gasteiger partial charge on any atom is 0.326 e. The van der Waals surface area contributed by atoms with Gasteiger partial charge in [-0.05, 0) is 69.9 Å². The van der Waals surface area contributed by atoms with Gasteiger partial charge >= 0.3 is 5.97 Å². The fourth-order valence-electron chi connectivity index (χ4n) is 4.73. The van der Waals surface area contributed by atoms with Gasteiger partial charge in [0.2, 0.25) is 17.6 Å². The molecule has 0 bridgehead atoms. The van der Waals surface area contributed by atoms with E-state index in [1.807, 2.05) is 56.5 Å². The van der Waals surface area contributed by atoms with Crippen LogP contribution in [-0.4, -0.2) is 46.2 Å². The molecule has 2 atom stereocenters. The van der Waals surface area contributed by atoms with E-state index in [2.05, 4.69) is 6.07 Å². The molecule has 172 valence electrons. The number of ketones is 1. The number of Topliss-reactive ketones (excluding diaryl/α,β-unsaturated/α-hetero) is 1. The Morgan fingerprint density at radius 2 is 1.58 bits per heavy atom. The van der Waals surface area contributed by atoms with Gasteiger partial charge in [-0.3, -0.25) is 24.1 Å². The van der Waals surface area contributed by atoms with Crippen LogP contribution < -0.4 is 0 Å². The van der Waals surface area contributed by atoms with Crippen LogP contribution >= 0.6 is 0 Å². The molecule has 2 amide bonds. The molecule has 0 spiro atoms. The molecule has 1 aliphatic carbocycles. The lowest BCUT2D eigenvalue weighted by molar-refractivity contribution is -0.152. The van der Waals surface area contributed by atoms with E-state index in [-0.39, 0.29) is 17.6 Å². The zero-order valence-corrected chi connectivity index (χ0v) is 19.4. The number of hydrogen-bond donors (Lipinski definition) is 0. The van der Waals surface area contributed by atoms with Crippen LogP contribution in [0, 0.1) is 39.5 Å². The number of likely N-dealkylation sites (tertiary alicyclic amines) is 1. The Hall–Kier alpha value is -3.48. The van der Waals surface area contributed by atoms with E-state index in [4.69, 9.17) is 4.74 Å². The molecule has 1 aromatic carbocycles. The number of allylic oxidation sites excluding steroid dienone is 2. The van der Waals surface area contributed by atoms with Crippen molar-refractivity contribution in [2.45, 2.75) is 40.5 Å². The van der Waals surface area contributed by atoms with E-state index in [9.17, 15) is 19.2 Å². The second-order valence-corrected chi connectivity index (χ2v) is 8.89. The van der Waals surface area contributed by atoms with Crippen molar-refractivity contribution in [2.24, 2.45) is 11.8 Å². The second kappa shape index (κ2) is 8.81. The molecule has 2 heterocycles. The van der Waals surface area contributed by atoms with Gasteiger partial charge in [0.1, 0.15) is 6.54 Å². The Bertz CT molecular complexity index is 1160. The monoisotopic (exact) mass is 448 g/mol. The smallest absolute Gasteiger partial charge is 0.326 e. The van der Waals surface area contributed by atoms with Gasteiger partial charge in [0.25, 0.3) is 0 Å². The minimum absolute atomic E-state index is 0.330. The molecule has 1 aliphatic heterocycles. The van der Waals surface area contributed by atoms with Crippen LogP contribution in [0.5, 0.6) is 0 Å². The van der Waals surface area contributed by atoms with Crippen LogP contribution in [-0.2, 0) is 19.1 Å². The number of amides is 2. The Labute approximate surface area is 193 Å². The van der Waals surface area contributed by atoms with Crippen LogP contribution in [0.25, 0.3) is 5.69 Å². The number of nitrogens with zero attached hydrogens (tertiary/aromatic N) is 2. The molecule has 1 aromatic heterocycles. The van der Waals surface area contributed by atoms with Gasteiger partial charge in [0.15, 0.2) is 6.61 Å². The van der Waals surface area contributed by atoms with Gasteiger partial charge in [-0.15, -0.1) is 0 Å². The quantitative estimate of drug-likeness (QED) is 0.293. The highest BCUT2D eigenvalue weighted by molar-refractivity contribution is 6.07. The molecule has 0 radical (unpaired) electrons. The molecule has 1 fully saturated rings. The van der Waals surface area contributed by atoms with Crippen molar-refractivity contribution in [3.63, 3.8) is 0 Å². The third kappa shape index (κ3) is 4.15. The first-order valence-electron chi connectivity index (χ1n) is 11.1. The predicted molar refractivity (Wildman–Crippen MR) is 122 cm³/mol. The average molecular weight is 449 g/mol. The first kappa shape index (κ1) is 22.7. The average Bonchev–Trinajstić information content (AvgIpc) is 3.22. The molecule has 2 aliphatic rings. The zero-order chi connectivity index (χ0) is 23.9. The van der Waals surface area contributed by atoms with E-state index < -0.39 is 31.0 Å². The molecule has 0 saturated carbocycles. The minimum Gasteiger partial charge on any atom is -0.456 e. The summed E-state index contributed by atoms with van der Waals surface area (Å²) in [5.74, 6) is -2.56. The standard InChI is InChI=1S/C26H28N2O5/c1-15-9-10-19(11-16(15)2)28-17(3)12-22(18(28)4)23(29)14-33-24(30)13-27-25(31)20-7-5-6-8-21(20)26(27)32/h5-6,9-12,20-21H,7-8,13-14H2,1-4H3. The zero-order valence-electron chi connectivity index (χ0n) is 19.4. The van der Waals surface area contributed by atoms with Gasteiger partial charge in [-0.1, -0.05) is 18.2 Å². The highest BCUT2D eigenvalue weighted by atomic mass is 16.5. The summed E-state index contributed by atoms with van der Waals surface area (Å²) in [4.78, 5) is 51.1. The number of esters is 1. The summed E-state index contributed by atoms with van der Waals surface area (Å²) in [6.45, 7) is 6.96. The number of hydrogen-bond acceptors (Lipinski definition) is 5. The Balaban J connectivity index is 1.41. The molecule has 4 rings (SSSR count). The topological polar surface area (TPSA) is 85.7 Å². The van der Waals surface area contributed by atoms with E-state index in [0.29, 0.717) is 18.4 Å². The van der Waals surface area contributed by atoms with Gasteiger partial charge in [-0.2, -0.15) is 0 Å². The number of rotatable bonds is 6. The highest BCUT2D eigenvalue weighted by Crippen LogP contribution is 2.34. The molecular weight excluding hydrogens is 420 g/mol. The van der Waals surface area contributed by atoms with Crippen molar-refractivity contribution >= 4 is 23.6 Å². The second-order valence-electron chi connectivity index (χ2n) is 8.89. The summed E-state index contributed by atoms with van der Waals surface area (Å²) in [7, 11) is 0. The number of aryl methyl sites for hydroxylation is 3. The molecule has 7 heteroatoms. The number of aromatic nitrogens is 1. The van der Waals surface area contributed by atoms with E-state index in [1.54, 1.807) is 6.07 Å². The van der Waals surface area contributed by atoms with Crippen LogP contribution in [0.3, 0.4) is 0 Å². The number of carbonyl (C=O) groups is 4. The Morgan fingerprint density at radius 3 is 2.18 bits per heavy atom. The number of benzene rings is 1. The summed E-state index contributed by atoms with van der Waals surface area (Å²) < 4.78 is 7.15. The van der Waals surface area contributed by atoms with Crippen LogP contribution in [0.15, 0.2) is 36.4 Å². The molecule has 7 nitrogen and oxygen atoms in total. The third-order valence-corrected chi connectivity index (χ3v) is 6.73. The van der Waals surface area contributed by atoms with Gasteiger partial charge < -0.3 is 9.30 Å². The number of fused-ring (bicyclic) bond motifs is 1. The van der Waals surface area contributed by atoms with Crippen molar-refractivity contribution < 1.29 is 23.9 Å². The van der Waals surface area contributed by atoms with Crippen LogP contribution in [0.2, 0.25) is 0 Å². The first-order valence-corrected chi connectivity index (χ1v) is 11.1. The maximum atomic E-state index is 12.8. The fourth-order valence-corrected chi connectivity index (χ4v) is 4.73. The van der Waals surface area contributed by atoms with Gasteiger partial charge in [0.05, 0.1) is 11.8 Å². The lowest BCUT2D eigenvalue weighted by Gasteiger charge is -2.14.